The second-order valence-corrected chi connectivity index (χ2v) is 4.25. The molecule has 1 heterocycles. The predicted molar refractivity (Wildman–Crippen MR) is 65.5 cm³/mol. The van der Waals surface area contributed by atoms with Crippen molar-refractivity contribution in [1.82, 2.24) is 9.55 Å². The van der Waals surface area contributed by atoms with Crippen molar-refractivity contribution in [3.8, 4) is 0 Å². The van der Waals surface area contributed by atoms with Gasteiger partial charge in [-0.2, -0.15) is 0 Å². The van der Waals surface area contributed by atoms with Gasteiger partial charge in [-0.25, -0.2) is 4.98 Å². The van der Waals surface area contributed by atoms with Crippen LogP contribution in [-0.2, 0) is 16.1 Å². The molecule has 4 heteroatoms. The molecule has 0 saturated carbocycles. The molecule has 0 aliphatic carbocycles. The van der Waals surface area contributed by atoms with Crippen LogP contribution in [0.1, 0.15) is 13.8 Å². The van der Waals surface area contributed by atoms with Crippen molar-refractivity contribution in [2.45, 2.75) is 20.4 Å². The first kappa shape index (κ1) is 11.6. The minimum atomic E-state index is -0.158. The molecule has 0 aliphatic rings. The lowest BCUT2D eigenvalue weighted by Gasteiger charge is -2.08. The number of nitrogens with zero attached hydrogens (tertiary/aromatic N) is 2. The van der Waals surface area contributed by atoms with E-state index >= 15 is 0 Å². The van der Waals surface area contributed by atoms with Crippen LogP contribution in [0.2, 0.25) is 0 Å². The number of ether oxygens (including phenoxy) is 1. The average molecular weight is 232 g/mol. The van der Waals surface area contributed by atoms with Crippen molar-refractivity contribution >= 4 is 17.0 Å². The maximum atomic E-state index is 11.3. The van der Waals surface area contributed by atoms with Gasteiger partial charge in [0.25, 0.3) is 0 Å². The minimum absolute atomic E-state index is 0.0745. The topological polar surface area (TPSA) is 44.1 Å². The summed E-state index contributed by atoms with van der Waals surface area (Å²) in [5.74, 6) is -0.232. The van der Waals surface area contributed by atoms with Crippen LogP contribution >= 0.6 is 0 Å². The van der Waals surface area contributed by atoms with Gasteiger partial charge in [-0.05, 0) is 12.1 Å². The summed E-state index contributed by atoms with van der Waals surface area (Å²) < 4.78 is 7.13. The van der Waals surface area contributed by atoms with Gasteiger partial charge in [-0.15, -0.1) is 0 Å². The summed E-state index contributed by atoms with van der Waals surface area (Å²) >= 11 is 0. The van der Waals surface area contributed by atoms with E-state index in [1.807, 2.05) is 42.7 Å². The number of carbonyl (C=O) groups excluding carboxylic acids is 1. The molecular weight excluding hydrogens is 216 g/mol. The summed E-state index contributed by atoms with van der Waals surface area (Å²) in [6.45, 7) is 4.68. The van der Waals surface area contributed by atoms with Gasteiger partial charge in [0.05, 0.1) is 29.8 Å². The molecule has 2 aromatic rings. The highest BCUT2D eigenvalue weighted by atomic mass is 16.5. The Kier molecular flexibility index (Phi) is 3.42. The Morgan fingerprint density at radius 3 is 2.94 bits per heavy atom. The molecule has 1 aromatic carbocycles. The lowest BCUT2D eigenvalue weighted by Crippen LogP contribution is -2.15. The first-order valence-corrected chi connectivity index (χ1v) is 5.75. The SMILES string of the molecule is CC(C)C(=O)OCCn1cnc2ccccc21. The molecule has 0 aliphatic heterocycles. The third-order valence-corrected chi connectivity index (χ3v) is 2.58. The molecule has 0 saturated heterocycles. The Bertz CT molecular complexity index is 517. The van der Waals surface area contributed by atoms with Crippen LogP contribution in [0.4, 0.5) is 0 Å². The molecule has 2 rings (SSSR count). The molecule has 0 N–H and O–H groups in total. The molecule has 4 nitrogen and oxygen atoms in total. The maximum Gasteiger partial charge on any atom is 0.308 e. The first-order valence-electron chi connectivity index (χ1n) is 5.75. The average Bonchev–Trinajstić information content (AvgIpc) is 2.72. The number of carbonyl (C=O) groups is 1. The van der Waals surface area contributed by atoms with Crippen LogP contribution in [0, 0.1) is 5.92 Å². The molecule has 0 atom stereocenters. The maximum absolute atomic E-state index is 11.3. The number of rotatable bonds is 4. The van der Waals surface area contributed by atoms with Crippen molar-refractivity contribution in [3.05, 3.63) is 30.6 Å². The standard InChI is InChI=1S/C13H16N2O2/c1-10(2)13(16)17-8-7-15-9-14-11-5-3-4-6-12(11)15/h3-6,9-10H,7-8H2,1-2H3. The van der Waals surface area contributed by atoms with Gasteiger partial charge in [0, 0.05) is 0 Å². The Hall–Kier alpha value is -1.84. The minimum Gasteiger partial charge on any atom is -0.464 e. The molecule has 90 valence electrons. The van der Waals surface area contributed by atoms with Gasteiger partial charge in [0.15, 0.2) is 0 Å². The zero-order valence-electron chi connectivity index (χ0n) is 10.1. The third-order valence-electron chi connectivity index (χ3n) is 2.58. The zero-order chi connectivity index (χ0) is 12.3. The number of imidazole rings is 1. The smallest absolute Gasteiger partial charge is 0.308 e. The van der Waals surface area contributed by atoms with Gasteiger partial charge < -0.3 is 9.30 Å². The fourth-order valence-corrected chi connectivity index (χ4v) is 1.60. The second kappa shape index (κ2) is 4.99. The highest BCUT2D eigenvalue weighted by molar-refractivity contribution is 5.75. The van der Waals surface area contributed by atoms with E-state index in [0.717, 1.165) is 11.0 Å². The van der Waals surface area contributed by atoms with Crippen molar-refractivity contribution in [2.75, 3.05) is 6.61 Å². The van der Waals surface area contributed by atoms with Crippen molar-refractivity contribution in [1.29, 1.82) is 0 Å². The number of para-hydroxylation sites is 2. The van der Waals surface area contributed by atoms with Gasteiger partial charge in [0.1, 0.15) is 6.61 Å². The number of benzene rings is 1. The van der Waals surface area contributed by atoms with Gasteiger partial charge in [0.2, 0.25) is 0 Å². The van der Waals surface area contributed by atoms with E-state index in [1.54, 1.807) is 6.33 Å². The fourth-order valence-electron chi connectivity index (χ4n) is 1.60. The van der Waals surface area contributed by atoms with Crippen LogP contribution < -0.4 is 0 Å². The van der Waals surface area contributed by atoms with Crippen molar-refractivity contribution in [3.63, 3.8) is 0 Å². The van der Waals surface area contributed by atoms with Crippen LogP contribution in [0.15, 0.2) is 30.6 Å². The predicted octanol–water partition coefficient (Wildman–Crippen LogP) is 2.24. The molecule has 0 radical (unpaired) electrons. The number of esters is 1. The van der Waals surface area contributed by atoms with Gasteiger partial charge in [-0.3, -0.25) is 4.79 Å². The van der Waals surface area contributed by atoms with Gasteiger partial charge >= 0.3 is 5.97 Å². The van der Waals surface area contributed by atoms with E-state index in [4.69, 9.17) is 4.74 Å². The van der Waals surface area contributed by atoms with E-state index in [2.05, 4.69) is 4.98 Å². The van der Waals surface area contributed by atoms with E-state index in [-0.39, 0.29) is 11.9 Å². The monoisotopic (exact) mass is 232 g/mol. The second-order valence-electron chi connectivity index (χ2n) is 4.25. The van der Waals surface area contributed by atoms with Crippen LogP contribution in [0.5, 0.6) is 0 Å². The number of aromatic nitrogens is 2. The Balaban J connectivity index is 1.98. The Labute approximate surface area is 100 Å². The van der Waals surface area contributed by atoms with Crippen LogP contribution in [-0.4, -0.2) is 22.1 Å². The number of fused-ring (bicyclic) bond motifs is 1. The van der Waals surface area contributed by atoms with Crippen LogP contribution in [0.25, 0.3) is 11.0 Å². The molecule has 17 heavy (non-hydrogen) atoms. The van der Waals surface area contributed by atoms with Crippen molar-refractivity contribution < 1.29 is 9.53 Å². The Morgan fingerprint density at radius 1 is 1.41 bits per heavy atom. The lowest BCUT2D eigenvalue weighted by atomic mass is 10.2. The molecule has 0 spiro atoms. The molecule has 0 fully saturated rings. The lowest BCUT2D eigenvalue weighted by molar-refractivity contribution is -0.147. The van der Waals surface area contributed by atoms with E-state index in [0.29, 0.717) is 13.2 Å². The first-order chi connectivity index (χ1) is 8.18. The zero-order valence-corrected chi connectivity index (χ0v) is 10.1. The van der Waals surface area contributed by atoms with Crippen molar-refractivity contribution in [2.24, 2.45) is 5.92 Å². The highest BCUT2D eigenvalue weighted by Crippen LogP contribution is 2.11. The summed E-state index contributed by atoms with van der Waals surface area (Å²) in [5.41, 5.74) is 2.02. The summed E-state index contributed by atoms with van der Waals surface area (Å²) in [4.78, 5) is 15.6. The number of hydrogen-bond acceptors (Lipinski definition) is 3. The summed E-state index contributed by atoms with van der Waals surface area (Å²) in [7, 11) is 0. The fraction of sp³-hybridized carbons (Fsp3) is 0.385. The van der Waals surface area contributed by atoms with E-state index in [9.17, 15) is 4.79 Å². The summed E-state index contributed by atoms with van der Waals surface area (Å²) in [6.07, 6.45) is 1.77. The largest absolute Gasteiger partial charge is 0.464 e. The molecule has 0 bridgehead atoms. The van der Waals surface area contributed by atoms with E-state index < -0.39 is 0 Å². The van der Waals surface area contributed by atoms with E-state index in [1.165, 1.54) is 0 Å². The normalized spacial score (nSPS) is 11.0. The highest BCUT2D eigenvalue weighted by Gasteiger charge is 2.08. The molecule has 0 amide bonds. The third kappa shape index (κ3) is 2.64. The van der Waals surface area contributed by atoms with Crippen LogP contribution in [0.3, 0.4) is 0 Å². The Morgan fingerprint density at radius 2 is 2.18 bits per heavy atom. The molecule has 1 aromatic heterocycles. The summed E-state index contributed by atoms with van der Waals surface area (Å²) in [5, 5.41) is 0. The van der Waals surface area contributed by atoms with Gasteiger partial charge in [-0.1, -0.05) is 26.0 Å². The quantitative estimate of drug-likeness (QED) is 0.759. The summed E-state index contributed by atoms with van der Waals surface area (Å²) in [6, 6.07) is 7.90. The molecule has 0 unspecified atom stereocenters. The number of hydrogen-bond donors (Lipinski definition) is 0. The molecular formula is C13H16N2O2.